The van der Waals surface area contributed by atoms with Crippen molar-refractivity contribution >= 4 is 55.4 Å². The van der Waals surface area contributed by atoms with Crippen molar-refractivity contribution in [2.45, 2.75) is 92.9 Å². The van der Waals surface area contributed by atoms with Crippen molar-refractivity contribution in [1.82, 2.24) is 9.80 Å². The van der Waals surface area contributed by atoms with Crippen LogP contribution >= 0.6 is 43.2 Å². The van der Waals surface area contributed by atoms with Crippen LogP contribution < -0.4 is 0 Å². The monoisotopic (exact) mass is 614 g/mol. The van der Waals surface area contributed by atoms with Gasteiger partial charge in [-0.3, -0.25) is 0 Å². The minimum atomic E-state index is -0.220. The van der Waals surface area contributed by atoms with Crippen LogP contribution in [0.25, 0.3) is 0 Å². The summed E-state index contributed by atoms with van der Waals surface area (Å²) in [6, 6.07) is 0. The Morgan fingerprint density at radius 3 is 1.29 bits per heavy atom. The summed E-state index contributed by atoms with van der Waals surface area (Å²) in [6.45, 7) is 15.3. The van der Waals surface area contributed by atoms with Crippen molar-refractivity contribution < 1.29 is 19.1 Å². The van der Waals surface area contributed by atoms with Crippen LogP contribution in [-0.4, -0.2) is 85.4 Å². The third-order valence-electron chi connectivity index (χ3n) is 6.22. The summed E-state index contributed by atoms with van der Waals surface area (Å²) in [5.74, 6) is 5.85. The molecule has 10 heteroatoms. The zero-order valence-electron chi connectivity index (χ0n) is 25.6. The number of carbonyl (C=O) groups is 2. The predicted octanol–water partition coefficient (Wildman–Crippen LogP) is 9.35. The van der Waals surface area contributed by atoms with Crippen molar-refractivity contribution in [2.24, 2.45) is 11.8 Å². The van der Waals surface area contributed by atoms with Crippen LogP contribution in [0, 0.1) is 11.8 Å². The van der Waals surface area contributed by atoms with E-state index in [4.69, 9.17) is 9.47 Å². The largest absolute Gasteiger partial charge is 0.449 e. The van der Waals surface area contributed by atoms with Crippen LogP contribution in [0.5, 0.6) is 0 Å². The van der Waals surface area contributed by atoms with E-state index in [2.05, 4.69) is 27.7 Å². The molecule has 0 rings (SSSR count). The van der Waals surface area contributed by atoms with Gasteiger partial charge in [0.1, 0.15) is 13.2 Å². The zero-order valence-corrected chi connectivity index (χ0v) is 28.9. The normalized spacial score (nSPS) is 12.2. The highest BCUT2D eigenvalue weighted by Crippen LogP contribution is 2.28. The number of rotatable bonds is 22. The Labute approximate surface area is 251 Å². The smallest absolute Gasteiger partial charge is 0.409 e. The highest BCUT2D eigenvalue weighted by atomic mass is 33.1. The number of unbranched alkanes of at least 4 members (excludes halogenated alkanes) is 2. The van der Waals surface area contributed by atoms with Gasteiger partial charge in [-0.25, -0.2) is 9.59 Å². The summed E-state index contributed by atoms with van der Waals surface area (Å²) >= 11 is 0. The average molecular weight is 615 g/mol. The van der Waals surface area contributed by atoms with Gasteiger partial charge in [0.25, 0.3) is 0 Å². The van der Waals surface area contributed by atoms with Gasteiger partial charge in [0, 0.05) is 50.2 Å². The molecule has 0 spiro atoms. The second-order valence-corrected chi connectivity index (χ2v) is 14.6. The number of hydrogen-bond acceptors (Lipinski definition) is 8. The Kier molecular flexibility index (Phi) is 31.5. The third-order valence-corrected chi connectivity index (χ3v) is 11.2. The summed E-state index contributed by atoms with van der Waals surface area (Å²) < 4.78 is 10.3. The first kappa shape index (κ1) is 40.1. The van der Waals surface area contributed by atoms with E-state index in [-0.39, 0.29) is 12.2 Å². The van der Waals surface area contributed by atoms with Gasteiger partial charge in [-0.05, 0) is 38.5 Å². The maximum atomic E-state index is 11.4. The molecule has 0 heterocycles. The minimum Gasteiger partial charge on any atom is -0.449 e. The molecule has 0 fully saturated rings. The van der Waals surface area contributed by atoms with Crippen molar-refractivity contribution in [1.29, 1.82) is 0 Å². The Bertz CT molecular complexity index is 501. The van der Waals surface area contributed by atoms with Crippen LogP contribution in [0.2, 0.25) is 0 Å². The second kappa shape index (κ2) is 29.9. The summed E-state index contributed by atoms with van der Waals surface area (Å²) in [5.41, 5.74) is 0. The molecule has 2 atom stereocenters. The number of nitrogens with zero attached hydrogens (tertiary/aromatic N) is 2. The molecule has 0 aromatic carbocycles. The molecule has 0 aromatic heterocycles. The Balaban J connectivity index is 0. The summed E-state index contributed by atoms with van der Waals surface area (Å²) in [5, 5.41) is 0. The quantitative estimate of drug-likeness (QED) is 0.0883. The van der Waals surface area contributed by atoms with Gasteiger partial charge in [-0.15, -0.1) is 0 Å². The van der Waals surface area contributed by atoms with E-state index < -0.39 is 0 Å². The summed E-state index contributed by atoms with van der Waals surface area (Å²) in [4.78, 5) is 25.9. The molecule has 38 heavy (non-hydrogen) atoms. The maximum absolute atomic E-state index is 11.4. The minimum absolute atomic E-state index is 0.220. The van der Waals surface area contributed by atoms with Crippen LogP contribution in [0.4, 0.5) is 9.59 Å². The van der Waals surface area contributed by atoms with Gasteiger partial charge < -0.3 is 19.3 Å². The first-order valence-corrected chi connectivity index (χ1v) is 19.5. The van der Waals surface area contributed by atoms with Gasteiger partial charge >= 0.3 is 12.2 Å². The molecule has 0 bridgehead atoms. The fourth-order valence-electron chi connectivity index (χ4n) is 3.01. The zero-order chi connectivity index (χ0) is 29.0. The van der Waals surface area contributed by atoms with E-state index in [9.17, 15) is 9.59 Å². The fourth-order valence-corrected chi connectivity index (χ4v) is 7.78. The Morgan fingerprint density at radius 1 is 0.632 bits per heavy atom. The molecular weight excluding hydrogens is 557 g/mol. The second-order valence-electron chi connectivity index (χ2n) is 9.30. The number of hydrogen-bond donors (Lipinski definition) is 0. The van der Waals surface area contributed by atoms with E-state index in [0.717, 1.165) is 23.3 Å². The summed E-state index contributed by atoms with van der Waals surface area (Å²) in [7, 11) is 11.0. The van der Waals surface area contributed by atoms with Gasteiger partial charge in [-0.1, -0.05) is 109 Å². The van der Waals surface area contributed by atoms with E-state index in [1.807, 2.05) is 57.0 Å². The Hall–Kier alpha value is -0.0600. The lowest BCUT2D eigenvalue weighted by Gasteiger charge is -2.15. The molecular formula is C28H58N2O4S4. The van der Waals surface area contributed by atoms with Gasteiger partial charge in [0.2, 0.25) is 0 Å². The topological polar surface area (TPSA) is 59.1 Å². The summed E-state index contributed by atoms with van der Waals surface area (Å²) in [6.07, 6.45) is 10.0. The number of ether oxygens (including phenoxy) is 2. The molecule has 0 radical (unpaired) electrons. The van der Waals surface area contributed by atoms with Crippen LogP contribution in [0.3, 0.4) is 0 Å². The molecule has 0 aliphatic heterocycles. The number of carbonyl (C=O) groups excluding carboxylic acids is 2. The lowest BCUT2D eigenvalue weighted by molar-refractivity contribution is 0.118. The predicted molar refractivity (Wildman–Crippen MR) is 176 cm³/mol. The molecule has 0 N–H and O–H groups in total. The van der Waals surface area contributed by atoms with Crippen LogP contribution in [0.1, 0.15) is 92.9 Å². The molecule has 0 saturated heterocycles. The van der Waals surface area contributed by atoms with Crippen LogP contribution in [-0.2, 0) is 9.47 Å². The van der Waals surface area contributed by atoms with E-state index in [1.54, 1.807) is 23.9 Å². The molecule has 6 nitrogen and oxygen atoms in total. The molecule has 0 unspecified atom stereocenters. The molecule has 0 aliphatic rings. The van der Waals surface area contributed by atoms with E-state index >= 15 is 0 Å². The standard InChI is InChI=1S/2C14H29NO2S2/c2*1-5-8-9-13(6-2)12-19-18-11-10-17-14(16)15(4)7-3/h2*13H,5-12H2,1-4H3/t2*13-/m10/s1. The first-order valence-electron chi connectivity index (χ1n) is 14.5. The maximum Gasteiger partial charge on any atom is 0.409 e. The highest BCUT2D eigenvalue weighted by Gasteiger charge is 2.09. The van der Waals surface area contributed by atoms with Crippen LogP contribution in [0.15, 0.2) is 0 Å². The van der Waals surface area contributed by atoms with E-state index in [0.29, 0.717) is 26.3 Å². The van der Waals surface area contributed by atoms with Gasteiger partial charge in [0.05, 0.1) is 0 Å². The van der Waals surface area contributed by atoms with Gasteiger partial charge in [0.15, 0.2) is 0 Å². The molecule has 0 saturated carbocycles. The molecule has 228 valence electrons. The number of amides is 2. The lowest BCUT2D eigenvalue weighted by atomic mass is 10.0. The van der Waals surface area contributed by atoms with Gasteiger partial charge in [-0.2, -0.15) is 0 Å². The lowest BCUT2D eigenvalue weighted by Crippen LogP contribution is -2.27. The third kappa shape index (κ3) is 24.9. The van der Waals surface area contributed by atoms with Crippen molar-refractivity contribution in [3.63, 3.8) is 0 Å². The van der Waals surface area contributed by atoms with Crippen molar-refractivity contribution in [3.05, 3.63) is 0 Å². The fraction of sp³-hybridized carbons (Fsp3) is 0.929. The highest BCUT2D eigenvalue weighted by molar-refractivity contribution is 8.77. The molecule has 0 aromatic rings. The molecule has 2 amide bonds. The van der Waals surface area contributed by atoms with Crippen molar-refractivity contribution in [2.75, 3.05) is 63.4 Å². The van der Waals surface area contributed by atoms with Crippen molar-refractivity contribution in [3.8, 4) is 0 Å². The first-order chi connectivity index (χ1) is 18.3. The molecule has 0 aliphatic carbocycles. The SMILES string of the molecule is CCCC[C@@H](CC)CSSCCOC(=O)N(C)CC.CCCC[C@H](CC)CSSCCOC(=O)N(C)CC. The average Bonchev–Trinajstić information content (AvgIpc) is 2.94. The Morgan fingerprint density at radius 2 is 1.00 bits per heavy atom. The van der Waals surface area contributed by atoms with E-state index in [1.165, 1.54) is 62.9 Å².